The molecule has 0 amide bonds. The van der Waals surface area contributed by atoms with Gasteiger partial charge in [-0.3, -0.25) is 5.10 Å². The number of H-pyrrole nitrogens is 1. The van der Waals surface area contributed by atoms with Crippen molar-refractivity contribution in [2.24, 2.45) is 0 Å². The van der Waals surface area contributed by atoms with Crippen molar-refractivity contribution in [2.45, 2.75) is 18.8 Å². The molecule has 0 aliphatic heterocycles. The summed E-state index contributed by atoms with van der Waals surface area (Å²) in [5.74, 6) is -2.99. The SMILES string of the molecule is O=C([O-])c1cc(OC(F)(F)C(F)OC(F)(F)F)n[nH]1. The summed E-state index contributed by atoms with van der Waals surface area (Å²) < 4.78 is 78.6. The Kier molecular flexibility index (Phi) is 3.93. The number of carboxylic acid groups (broad SMARTS) is 1. The molecule has 19 heavy (non-hydrogen) atoms. The number of aromatic nitrogens is 2. The van der Waals surface area contributed by atoms with Crippen molar-refractivity contribution in [1.29, 1.82) is 0 Å². The van der Waals surface area contributed by atoms with Crippen LogP contribution in [0.2, 0.25) is 0 Å². The smallest absolute Gasteiger partial charge is 0.525 e. The monoisotopic (exact) mass is 293 g/mol. The number of aromatic amines is 1. The van der Waals surface area contributed by atoms with Gasteiger partial charge in [0.25, 0.3) is 0 Å². The predicted molar refractivity (Wildman–Crippen MR) is 40.5 cm³/mol. The Balaban J connectivity index is 2.74. The molecule has 1 aromatic rings. The molecule has 0 fully saturated rings. The molecule has 0 aromatic carbocycles. The largest absolute Gasteiger partial charge is 0.543 e. The van der Waals surface area contributed by atoms with Gasteiger partial charge in [0.2, 0.25) is 5.88 Å². The molecule has 1 N–H and O–H groups in total. The van der Waals surface area contributed by atoms with Crippen LogP contribution in [0, 0.1) is 0 Å². The first-order valence-electron chi connectivity index (χ1n) is 4.23. The van der Waals surface area contributed by atoms with Crippen LogP contribution in [-0.2, 0) is 4.74 Å². The maximum atomic E-state index is 12.8. The van der Waals surface area contributed by atoms with Crippen LogP contribution in [-0.4, -0.2) is 35.0 Å². The van der Waals surface area contributed by atoms with Gasteiger partial charge in [-0.2, -0.15) is 8.78 Å². The Labute approximate surface area is 99.5 Å². The number of alkyl halides is 6. The van der Waals surface area contributed by atoms with Crippen LogP contribution in [0.25, 0.3) is 0 Å². The third-order valence-electron chi connectivity index (χ3n) is 1.52. The van der Waals surface area contributed by atoms with E-state index in [1.54, 1.807) is 5.10 Å². The van der Waals surface area contributed by atoms with Gasteiger partial charge in [0.15, 0.2) is 0 Å². The molecule has 0 aliphatic rings. The second-order valence-corrected chi connectivity index (χ2v) is 2.95. The van der Waals surface area contributed by atoms with Gasteiger partial charge in [0, 0.05) is 6.07 Å². The third-order valence-corrected chi connectivity index (χ3v) is 1.52. The van der Waals surface area contributed by atoms with Gasteiger partial charge >= 0.3 is 18.8 Å². The van der Waals surface area contributed by atoms with E-state index >= 15 is 0 Å². The summed E-state index contributed by atoms with van der Waals surface area (Å²) in [5.41, 5.74) is -0.794. The van der Waals surface area contributed by atoms with Crippen molar-refractivity contribution >= 4 is 5.97 Å². The number of ether oxygens (including phenoxy) is 2. The van der Waals surface area contributed by atoms with Crippen LogP contribution in [0.3, 0.4) is 0 Å². The van der Waals surface area contributed by atoms with E-state index in [0.29, 0.717) is 6.07 Å². The standard InChI is InChI=1S/C7H4F6N2O4/c8-5(19-7(11,12)13)6(9,10)18-3-1-2(4(16)17)14-15-3/h1,5H,(H,14,15)(H,16,17)/p-1. The minimum Gasteiger partial charge on any atom is -0.543 e. The van der Waals surface area contributed by atoms with Gasteiger partial charge in [-0.15, -0.1) is 18.3 Å². The highest BCUT2D eigenvalue weighted by atomic mass is 19.4. The molecule has 1 atom stereocenters. The topological polar surface area (TPSA) is 87.3 Å². The van der Waals surface area contributed by atoms with Gasteiger partial charge in [-0.25, -0.2) is 9.13 Å². The summed E-state index contributed by atoms with van der Waals surface area (Å²) in [7, 11) is 0. The lowest BCUT2D eigenvalue weighted by atomic mass is 10.4. The Morgan fingerprint density at radius 1 is 1.37 bits per heavy atom. The number of carbonyl (C=O) groups excluding carboxylic acids is 1. The van der Waals surface area contributed by atoms with E-state index in [1.807, 2.05) is 0 Å². The highest BCUT2D eigenvalue weighted by Gasteiger charge is 2.51. The summed E-state index contributed by atoms with van der Waals surface area (Å²) >= 11 is 0. The summed E-state index contributed by atoms with van der Waals surface area (Å²) in [6.45, 7) is 0. The zero-order chi connectivity index (χ0) is 14.8. The van der Waals surface area contributed by atoms with E-state index in [-0.39, 0.29) is 0 Å². The molecule has 0 radical (unpaired) electrons. The molecule has 6 nitrogen and oxygen atoms in total. The number of halogens is 6. The Bertz CT molecular complexity index is 459. The molecule has 108 valence electrons. The van der Waals surface area contributed by atoms with E-state index < -0.39 is 36.4 Å². The first-order chi connectivity index (χ1) is 8.51. The van der Waals surface area contributed by atoms with Gasteiger partial charge in [0.05, 0.1) is 11.7 Å². The Morgan fingerprint density at radius 3 is 2.37 bits per heavy atom. The number of aromatic carboxylic acids is 1. The number of carboxylic acids is 1. The Hall–Kier alpha value is -1.98. The molecule has 1 aromatic heterocycles. The normalized spacial score (nSPS) is 14.2. The summed E-state index contributed by atoms with van der Waals surface area (Å²) in [6, 6.07) is 0.365. The van der Waals surface area contributed by atoms with E-state index in [0.717, 1.165) is 0 Å². The molecular weight excluding hydrogens is 290 g/mol. The zero-order valence-corrected chi connectivity index (χ0v) is 8.50. The third kappa shape index (κ3) is 4.31. The van der Waals surface area contributed by atoms with Crippen molar-refractivity contribution in [2.75, 3.05) is 0 Å². The molecule has 0 saturated heterocycles. The van der Waals surface area contributed by atoms with Crippen LogP contribution in [0.5, 0.6) is 5.88 Å². The number of hydrogen-bond donors (Lipinski definition) is 1. The molecule has 0 saturated carbocycles. The maximum Gasteiger partial charge on any atom is 0.525 e. The lowest BCUT2D eigenvalue weighted by Gasteiger charge is -2.20. The summed E-state index contributed by atoms with van der Waals surface area (Å²) in [5, 5.41) is 14.7. The fourth-order valence-corrected chi connectivity index (χ4v) is 0.832. The van der Waals surface area contributed by atoms with Crippen molar-refractivity contribution in [3.05, 3.63) is 11.8 Å². The molecule has 1 unspecified atom stereocenters. The molecule has 0 aliphatic carbocycles. The summed E-state index contributed by atoms with van der Waals surface area (Å²) in [4.78, 5) is 10.2. The molecule has 1 heterocycles. The molecule has 0 bridgehead atoms. The van der Waals surface area contributed by atoms with Gasteiger partial charge < -0.3 is 14.6 Å². The molecular formula is C7H3F6N2O4-. The van der Waals surface area contributed by atoms with Crippen LogP contribution < -0.4 is 9.84 Å². The number of carbonyl (C=O) groups is 1. The second-order valence-electron chi connectivity index (χ2n) is 2.95. The minimum atomic E-state index is -5.64. The van der Waals surface area contributed by atoms with Crippen molar-refractivity contribution in [3.8, 4) is 5.88 Å². The van der Waals surface area contributed by atoms with Crippen LogP contribution in [0.15, 0.2) is 6.07 Å². The van der Waals surface area contributed by atoms with Crippen molar-refractivity contribution in [1.82, 2.24) is 10.2 Å². The van der Waals surface area contributed by atoms with Crippen LogP contribution >= 0.6 is 0 Å². The fourth-order valence-electron chi connectivity index (χ4n) is 0.832. The lowest BCUT2D eigenvalue weighted by molar-refractivity contribution is -0.411. The zero-order valence-electron chi connectivity index (χ0n) is 8.50. The number of nitrogens with one attached hydrogen (secondary N) is 1. The summed E-state index contributed by atoms with van der Waals surface area (Å²) in [6.07, 6.45) is -14.8. The van der Waals surface area contributed by atoms with E-state index in [1.165, 1.54) is 0 Å². The average Bonchev–Trinajstić information content (AvgIpc) is 2.62. The van der Waals surface area contributed by atoms with Crippen LogP contribution in [0.4, 0.5) is 26.3 Å². The maximum absolute atomic E-state index is 12.8. The van der Waals surface area contributed by atoms with E-state index in [4.69, 9.17) is 0 Å². The number of rotatable bonds is 5. The van der Waals surface area contributed by atoms with E-state index in [2.05, 4.69) is 14.6 Å². The number of hydrogen-bond acceptors (Lipinski definition) is 5. The second kappa shape index (κ2) is 4.95. The van der Waals surface area contributed by atoms with Crippen molar-refractivity contribution < 1.29 is 45.7 Å². The lowest BCUT2D eigenvalue weighted by Crippen LogP contribution is -2.41. The Morgan fingerprint density at radius 2 is 1.95 bits per heavy atom. The quantitative estimate of drug-likeness (QED) is 0.802. The highest BCUT2D eigenvalue weighted by Crippen LogP contribution is 2.31. The van der Waals surface area contributed by atoms with Crippen LogP contribution in [0.1, 0.15) is 10.5 Å². The van der Waals surface area contributed by atoms with Gasteiger partial charge in [-0.05, 0) is 0 Å². The number of nitrogens with zero attached hydrogens (tertiary/aromatic N) is 1. The van der Waals surface area contributed by atoms with Gasteiger partial charge in [0.1, 0.15) is 0 Å². The van der Waals surface area contributed by atoms with Crippen molar-refractivity contribution in [3.63, 3.8) is 0 Å². The first kappa shape index (κ1) is 15.1. The highest BCUT2D eigenvalue weighted by molar-refractivity contribution is 5.83. The molecule has 1 rings (SSSR count). The molecule has 12 heteroatoms. The molecule has 0 spiro atoms. The predicted octanol–water partition coefficient (Wildman–Crippen LogP) is 0.577. The fraction of sp³-hybridized carbons (Fsp3) is 0.429. The van der Waals surface area contributed by atoms with Gasteiger partial charge in [-0.1, -0.05) is 0 Å². The van der Waals surface area contributed by atoms with E-state index in [9.17, 15) is 36.2 Å². The average molecular weight is 293 g/mol. The first-order valence-corrected chi connectivity index (χ1v) is 4.23. The minimum absolute atomic E-state index is 0.365.